The normalized spacial score (nSPS) is 14.6. The summed E-state index contributed by atoms with van der Waals surface area (Å²) in [7, 11) is 7.40. The van der Waals surface area contributed by atoms with E-state index >= 15 is 0 Å². The van der Waals surface area contributed by atoms with Gasteiger partial charge in [-0.15, -0.1) is 11.8 Å². The lowest BCUT2D eigenvalue weighted by atomic mass is 9.98. The molecule has 11 heteroatoms. The first-order valence-corrected chi connectivity index (χ1v) is 17.0. The number of aromatic nitrogens is 5. The van der Waals surface area contributed by atoms with Gasteiger partial charge >= 0.3 is 5.97 Å². The zero-order chi connectivity index (χ0) is 32.8. The molecule has 242 valence electrons. The zero-order valence-electron chi connectivity index (χ0n) is 27.2. The van der Waals surface area contributed by atoms with Crippen molar-refractivity contribution in [3.63, 3.8) is 0 Å². The third-order valence-corrected chi connectivity index (χ3v) is 10.3. The molecule has 8 bridgehead atoms. The van der Waals surface area contributed by atoms with Crippen LogP contribution in [0.2, 0.25) is 5.02 Å². The molecule has 6 aromatic rings. The Morgan fingerprint density at radius 3 is 2.70 bits per heavy atom. The van der Waals surface area contributed by atoms with E-state index in [0.717, 1.165) is 77.5 Å². The Labute approximate surface area is 282 Å². The van der Waals surface area contributed by atoms with Crippen LogP contribution in [0.1, 0.15) is 45.2 Å². The summed E-state index contributed by atoms with van der Waals surface area (Å²) in [5.41, 5.74) is 8.01. The maximum Gasteiger partial charge on any atom is 0.354 e. The summed E-state index contributed by atoms with van der Waals surface area (Å²) in [6, 6.07) is 18.8. The molecular weight excluding hydrogens is 632 g/mol. The molecule has 9 nitrogen and oxygen atoms in total. The van der Waals surface area contributed by atoms with Crippen molar-refractivity contribution in [3.8, 4) is 16.9 Å². The molecule has 1 N–H and O–H groups in total. The largest absolute Gasteiger partial charge is 0.493 e. The van der Waals surface area contributed by atoms with Gasteiger partial charge in [-0.05, 0) is 62.0 Å². The molecule has 0 unspecified atom stereocenters. The van der Waals surface area contributed by atoms with Gasteiger partial charge in [0.1, 0.15) is 11.4 Å². The number of carbonyl (C=O) groups is 1. The number of nitrogens with one attached hydrogen (secondary N) is 1. The Balaban J connectivity index is 1.37. The number of methoxy groups -OCH3 is 1. The van der Waals surface area contributed by atoms with Crippen molar-refractivity contribution in [2.24, 2.45) is 14.1 Å². The predicted octanol–water partition coefficient (Wildman–Crippen LogP) is 7.45. The van der Waals surface area contributed by atoms with Gasteiger partial charge in [0.25, 0.3) is 0 Å². The SMILES string of the molecule is COC(=O)c1c2c3ccc(Cl)c(c3n1C)-c1c(n[nH]c1C)CN(C)Cc1cc(n(C)n1)CSc1cc(c3ccccc3c1)OCCC2. The van der Waals surface area contributed by atoms with E-state index in [1.807, 2.05) is 48.5 Å². The zero-order valence-corrected chi connectivity index (χ0v) is 28.8. The fourth-order valence-corrected chi connectivity index (χ4v) is 8.02. The summed E-state index contributed by atoms with van der Waals surface area (Å²) in [5.74, 6) is 1.25. The van der Waals surface area contributed by atoms with Crippen molar-refractivity contribution in [1.29, 1.82) is 0 Å². The van der Waals surface area contributed by atoms with Gasteiger partial charge in [0.15, 0.2) is 0 Å². The maximum atomic E-state index is 13.3. The summed E-state index contributed by atoms with van der Waals surface area (Å²) in [5, 5.41) is 16.5. The van der Waals surface area contributed by atoms with E-state index in [1.54, 1.807) is 11.8 Å². The van der Waals surface area contributed by atoms with Gasteiger partial charge in [-0.1, -0.05) is 41.9 Å². The van der Waals surface area contributed by atoms with E-state index in [4.69, 9.17) is 31.3 Å². The predicted molar refractivity (Wildman–Crippen MR) is 187 cm³/mol. The molecule has 3 aromatic heterocycles. The lowest BCUT2D eigenvalue weighted by molar-refractivity contribution is 0.0589. The van der Waals surface area contributed by atoms with Crippen LogP contribution in [0.5, 0.6) is 5.75 Å². The van der Waals surface area contributed by atoms with Crippen LogP contribution in [0, 0.1) is 6.92 Å². The van der Waals surface area contributed by atoms with Gasteiger partial charge in [0.05, 0.1) is 35.6 Å². The number of hydrogen-bond acceptors (Lipinski definition) is 7. The van der Waals surface area contributed by atoms with E-state index in [1.165, 1.54) is 7.11 Å². The molecule has 4 heterocycles. The summed E-state index contributed by atoms with van der Waals surface area (Å²) in [6.45, 7) is 3.71. The van der Waals surface area contributed by atoms with Crippen LogP contribution < -0.4 is 4.74 Å². The monoisotopic (exact) mass is 668 g/mol. The highest BCUT2D eigenvalue weighted by Crippen LogP contribution is 2.42. The highest BCUT2D eigenvalue weighted by atomic mass is 35.5. The third-order valence-electron chi connectivity index (χ3n) is 8.95. The number of halogens is 1. The third kappa shape index (κ3) is 5.79. The molecule has 0 spiro atoms. The van der Waals surface area contributed by atoms with Crippen molar-refractivity contribution in [3.05, 3.63) is 93.7 Å². The first kappa shape index (κ1) is 31.4. The van der Waals surface area contributed by atoms with E-state index in [9.17, 15) is 4.79 Å². The highest BCUT2D eigenvalue weighted by Gasteiger charge is 2.27. The summed E-state index contributed by atoms with van der Waals surface area (Å²) in [6.07, 6.45) is 1.32. The molecule has 0 fully saturated rings. The number of carbonyl (C=O) groups excluding carboxylic acids is 1. The first-order chi connectivity index (χ1) is 22.7. The van der Waals surface area contributed by atoms with Crippen molar-refractivity contribution in [2.75, 3.05) is 20.8 Å². The van der Waals surface area contributed by atoms with Crippen molar-refractivity contribution in [1.82, 2.24) is 29.4 Å². The summed E-state index contributed by atoms with van der Waals surface area (Å²) < 4.78 is 15.7. The molecule has 0 aliphatic carbocycles. The topological polar surface area (TPSA) is 90.2 Å². The van der Waals surface area contributed by atoms with Crippen LogP contribution in [0.4, 0.5) is 0 Å². The second-order valence-electron chi connectivity index (χ2n) is 12.2. The van der Waals surface area contributed by atoms with E-state index in [2.05, 4.69) is 53.4 Å². The molecule has 47 heavy (non-hydrogen) atoms. The van der Waals surface area contributed by atoms with Crippen LogP contribution in [0.25, 0.3) is 32.8 Å². The average Bonchev–Trinajstić information content (AvgIpc) is 3.69. The number of ether oxygens (including phenoxy) is 2. The van der Waals surface area contributed by atoms with Gasteiger partial charge in [-0.2, -0.15) is 10.2 Å². The van der Waals surface area contributed by atoms with Crippen molar-refractivity contribution in [2.45, 2.75) is 43.5 Å². The maximum absolute atomic E-state index is 13.3. The Morgan fingerprint density at radius 1 is 1.04 bits per heavy atom. The fraction of sp³-hybridized carbons (Fsp3) is 0.306. The van der Waals surface area contributed by atoms with Crippen LogP contribution in [-0.4, -0.2) is 56.2 Å². The number of fused-ring (bicyclic) bond motifs is 8. The quantitative estimate of drug-likeness (QED) is 0.182. The number of H-pyrrole nitrogens is 1. The number of hydrogen-bond donors (Lipinski definition) is 1. The van der Waals surface area contributed by atoms with E-state index < -0.39 is 0 Å². The van der Waals surface area contributed by atoms with E-state index in [-0.39, 0.29) is 5.97 Å². The lowest BCUT2D eigenvalue weighted by Gasteiger charge is -2.16. The van der Waals surface area contributed by atoms with Gasteiger partial charge in [0.2, 0.25) is 0 Å². The van der Waals surface area contributed by atoms with Crippen LogP contribution in [-0.2, 0) is 44.1 Å². The second kappa shape index (κ2) is 12.7. The first-order valence-electron chi connectivity index (χ1n) is 15.6. The Hall–Kier alpha value is -4.25. The molecular formula is C36H37ClN6O3S. The molecule has 1 aliphatic heterocycles. The minimum atomic E-state index is -0.384. The molecule has 0 saturated heterocycles. The van der Waals surface area contributed by atoms with Crippen molar-refractivity contribution < 1.29 is 14.3 Å². The smallest absolute Gasteiger partial charge is 0.354 e. The van der Waals surface area contributed by atoms with Crippen molar-refractivity contribution >= 4 is 51.0 Å². The number of nitrogens with zero attached hydrogens (tertiary/aromatic N) is 5. The minimum absolute atomic E-state index is 0.384. The Morgan fingerprint density at radius 2 is 1.87 bits per heavy atom. The number of esters is 1. The van der Waals surface area contributed by atoms with Crippen LogP contribution in [0.15, 0.2) is 59.5 Å². The molecule has 1 aliphatic rings. The lowest BCUT2D eigenvalue weighted by Crippen LogP contribution is -2.18. The highest BCUT2D eigenvalue weighted by molar-refractivity contribution is 7.98. The van der Waals surface area contributed by atoms with Gasteiger partial charge in [-0.25, -0.2) is 4.79 Å². The molecule has 0 atom stereocenters. The van der Waals surface area contributed by atoms with Gasteiger partial charge in [-0.3, -0.25) is 14.7 Å². The van der Waals surface area contributed by atoms with Gasteiger partial charge < -0.3 is 14.0 Å². The summed E-state index contributed by atoms with van der Waals surface area (Å²) >= 11 is 8.79. The van der Waals surface area contributed by atoms with Crippen LogP contribution >= 0.6 is 23.4 Å². The average molecular weight is 669 g/mol. The summed E-state index contributed by atoms with van der Waals surface area (Å²) in [4.78, 5) is 16.6. The number of aromatic amines is 1. The fourth-order valence-electron chi connectivity index (χ4n) is 6.79. The molecule has 3 aromatic carbocycles. The standard InChI is InChI=1S/C36H37ClN6O3S/c1-21-32-30(39-38-21)19-41(2)18-23-16-24(43(4)40-23)20-47-25-15-22-9-6-7-10-26(22)31(17-25)46-14-8-11-27-28-12-13-29(37)33(32)34(28)42(3)35(27)36(44)45-5/h6-7,9-10,12-13,15-17H,8,11,14,18-20H2,1-5H3,(H,38,39). The number of benzene rings is 3. The number of rotatable bonds is 1. The van der Waals surface area contributed by atoms with Gasteiger partial charge in [0, 0.05) is 71.1 Å². The molecule has 0 amide bonds. The van der Waals surface area contributed by atoms with Crippen LogP contribution in [0.3, 0.4) is 0 Å². The Kier molecular flexibility index (Phi) is 8.50. The minimum Gasteiger partial charge on any atom is -0.493 e. The molecule has 0 radical (unpaired) electrons. The molecule has 7 rings (SSSR count). The second-order valence-corrected chi connectivity index (χ2v) is 13.6. The number of thioether (sulfide) groups is 1. The number of aryl methyl sites for hydroxylation is 4. The Bertz CT molecular complexity index is 2150. The van der Waals surface area contributed by atoms with E-state index in [0.29, 0.717) is 43.3 Å². The molecule has 0 saturated carbocycles.